The van der Waals surface area contributed by atoms with Gasteiger partial charge in [0.05, 0.1) is 12.8 Å². The van der Waals surface area contributed by atoms with Gasteiger partial charge in [0.1, 0.15) is 12.6 Å². The Morgan fingerprint density at radius 2 is 2.00 bits per heavy atom. The summed E-state index contributed by atoms with van der Waals surface area (Å²) in [7, 11) is 2.98. The summed E-state index contributed by atoms with van der Waals surface area (Å²) in [5, 5.41) is 0. The number of nitrogens with zero attached hydrogens (tertiary/aromatic N) is 2. The van der Waals surface area contributed by atoms with Crippen molar-refractivity contribution >= 4 is 0 Å². The number of aromatic nitrogens is 2. The van der Waals surface area contributed by atoms with E-state index in [0.717, 1.165) is 0 Å². The minimum Gasteiger partial charge on any atom is -0.490 e. The third-order valence-electron chi connectivity index (χ3n) is 1.95. The molecule has 0 aromatic carbocycles. The van der Waals surface area contributed by atoms with Crippen LogP contribution in [-0.4, -0.2) is 23.8 Å². The van der Waals surface area contributed by atoms with Gasteiger partial charge in [-0.05, 0) is 13.8 Å². The van der Waals surface area contributed by atoms with Gasteiger partial charge in [0.25, 0.3) is 5.56 Å². The summed E-state index contributed by atoms with van der Waals surface area (Å²) in [5.41, 5.74) is 0.390. The van der Waals surface area contributed by atoms with Gasteiger partial charge in [-0.25, -0.2) is 4.98 Å². The maximum absolute atomic E-state index is 11.7. The molecule has 0 aliphatic rings. The van der Waals surface area contributed by atoms with Crippen LogP contribution >= 0.6 is 0 Å². The van der Waals surface area contributed by atoms with Crippen molar-refractivity contribution in [3.63, 3.8) is 0 Å². The Morgan fingerprint density at radius 1 is 1.36 bits per heavy atom. The first-order valence-electron chi connectivity index (χ1n) is 4.22. The fourth-order valence-electron chi connectivity index (χ4n) is 1.29. The van der Waals surface area contributed by atoms with E-state index < -0.39 is 0 Å². The molecule has 0 aliphatic carbocycles. The average Bonchev–Trinajstić information content (AvgIpc) is 2.12. The van der Waals surface area contributed by atoms with Crippen LogP contribution in [0.1, 0.15) is 11.5 Å². The molecule has 0 amide bonds. The number of rotatable bonds is 3. The van der Waals surface area contributed by atoms with E-state index in [9.17, 15) is 4.79 Å². The fraction of sp³-hybridized carbons (Fsp3) is 0.556. The van der Waals surface area contributed by atoms with Crippen LogP contribution in [0, 0.1) is 13.8 Å². The molecule has 1 aromatic heterocycles. The molecule has 5 nitrogen and oxygen atoms in total. The van der Waals surface area contributed by atoms with E-state index in [1.54, 1.807) is 13.8 Å². The lowest BCUT2D eigenvalue weighted by Crippen LogP contribution is -2.26. The highest BCUT2D eigenvalue weighted by Gasteiger charge is 2.11. The molecular formula is C9H14N2O3. The van der Waals surface area contributed by atoms with E-state index in [-0.39, 0.29) is 18.0 Å². The van der Waals surface area contributed by atoms with Crippen molar-refractivity contribution in [2.45, 2.75) is 20.6 Å². The molecule has 14 heavy (non-hydrogen) atoms. The van der Waals surface area contributed by atoms with E-state index >= 15 is 0 Å². The number of hydrogen-bond acceptors (Lipinski definition) is 4. The smallest absolute Gasteiger partial charge is 0.298 e. The summed E-state index contributed by atoms with van der Waals surface area (Å²) in [6.45, 7) is 3.69. The van der Waals surface area contributed by atoms with E-state index in [4.69, 9.17) is 9.47 Å². The number of hydrogen-bond donors (Lipinski definition) is 0. The number of aryl methyl sites for hydroxylation is 2. The molecule has 0 fully saturated rings. The third kappa shape index (κ3) is 1.77. The van der Waals surface area contributed by atoms with Crippen molar-refractivity contribution in [2.24, 2.45) is 0 Å². The van der Waals surface area contributed by atoms with Gasteiger partial charge < -0.3 is 9.47 Å². The van der Waals surface area contributed by atoms with Gasteiger partial charge in [-0.2, -0.15) is 0 Å². The second kappa shape index (κ2) is 4.23. The van der Waals surface area contributed by atoms with E-state index in [1.807, 2.05) is 0 Å². The minimum atomic E-state index is -0.209. The second-order valence-electron chi connectivity index (χ2n) is 2.93. The fourth-order valence-corrected chi connectivity index (χ4v) is 1.29. The molecule has 78 valence electrons. The Kier molecular flexibility index (Phi) is 3.24. The van der Waals surface area contributed by atoms with Crippen LogP contribution in [0.2, 0.25) is 0 Å². The molecule has 0 spiro atoms. The molecule has 1 heterocycles. The van der Waals surface area contributed by atoms with E-state index in [0.29, 0.717) is 11.5 Å². The molecule has 0 radical (unpaired) electrons. The first kappa shape index (κ1) is 10.7. The van der Waals surface area contributed by atoms with E-state index in [1.165, 1.54) is 18.8 Å². The van der Waals surface area contributed by atoms with Gasteiger partial charge in [-0.3, -0.25) is 9.36 Å². The summed E-state index contributed by atoms with van der Waals surface area (Å²) in [6.07, 6.45) is 0. The van der Waals surface area contributed by atoms with Crippen LogP contribution in [-0.2, 0) is 11.5 Å². The highest BCUT2D eigenvalue weighted by Crippen LogP contribution is 2.08. The highest BCUT2D eigenvalue weighted by molar-refractivity contribution is 5.24. The van der Waals surface area contributed by atoms with Crippen LogP contribution in [0.25, 0.3) is 0 Å². The molecule has 0 saturated heterocycles. The molecule has 0 N–H and O–H groups in total. The van der Waals surface area contributed by atoms with Crippen molar-refractivity contribution in [2.75, 3.05) is 14.2 Å². The van der Waals surface area contributed by atoms with Crippen molar-refractivity contribution < 1.29 is 9.47 Å². The quantitative estimate of drug-likeness (QED) is 0.708. The zero-order chi connectivity index (χ0) is 10.7. The monoisotopic (exact) mass is 198 g/mol. The first-order valence-corrected chi connectivity index (χ1v) is 4.22. The van der Waals surface area contributed by atoms with Gasteiger partial charge in [0.2, 0.25) is 5.75 Å². The molecule has 0 atom stereocenters. The third-order valence-corrected chi connectivity index (χ3v) is 1.95. The van der Waals surface area contributed by atoms with Crippen molar-refractivity contribution in [3.05, 3.63) is 21.9 Å². The van der Waals surface area contributed by atoms with E-state index in [2.05, 4.69) is 4.98 Å². The normalized spacial score (nSPS) is 10.3. The molecule has 1 aromatic rings. The number of methoxy groups -OCH3 is 2. The average molecular weight is 198 g/mol. The highest BCUT2D eigenvalue weighted by atomic mass is 16.5. The van der Waals surface area contributed by atoms with Crippen LogP contribution in [0.5, 0.6) is 5.75 Å². The topological polar surface area (TPSA) is 53.4 Å². The summed E-state index contributed by atoms with van der Waals surface area (Å²) >= 11 is 0. The van der Waals surface area contributed by atoms with Gasteiger partial charge in [0, 0.05) is 7.11 Å². The summed E-state index contributed by atoms with van der Waals surface area (Å²) in [4.78, 5) is 15.9. The second-order valence-corrected chi connectivity index (χ2v) is 2.93. The van der Waals surface area contributed by atoms with Gasteiger partial charge in [-0.1, -0.05) is 0 Å². The molecular weight excluding hydrogens is 184 g/mol. The molecule has 0 unspecified atom stereocenters. The van der Waals surface area contributed by atoms with Gasteiger partial charge >= 0.3 is 0 Å². The molecule has 0 saturated carbocycles. The zero-order valence-corrected chi connectivity index (χ0v) is 8.83. The van der Waals surface area contributed by atoms with Crippen molar-refractivity contribution in [1.82, 2.24) is 9.55 Å². The predicted octanol–water partition coefficient (Wildman–Crippen LogP) is 0.473. The molecule has 0 bridgehead atoms. The standard InChI is InChI=1S/C9H14N2O3/c1-6-8(14-4)9(12)11(5-13-3)7(2)10-6/h5H2,1-4H3. The summed E-state index contributed by atoms with van der Waals surface area (Å²) in [6, 6.07) is 0. The molecule has 5 heteroatoms. The Hall–Kier alpha value is -1.36. The molecule has 1 rings (SSSR count). The Balaban J connectivity index is 3.36. The maximum Gasteiger partial charge on any atom is 0.298 e. The summed E-state index contributed by atoms with van der Waals surface area (Å²) < 4.78 is 11.3. The Bertz CT molecular complexity index is 384. The summed E-state index contributed by atoms with van der Waals surface area (Å²) in [5.74, 6) is 0.891. The lowest BCUT2D eigenvalue weighted by atomic mass is 10.4. The SMILES string of the molecule is COCn1c(C)nc(C)c(OC)c1=O. The predicted molar refractivity (Wildman–Crippen MR) is 51.5 cm³/mol. The first-order chi connectivity index (χ1) is 6.61. The lowest BCUT2D eigenvalue weighted by molar-refractivity contribution is 0.124. The largest absolute Gasteiger partial charge is 0.490 e. The minimum absolute atomic E-state index is 0.189. The Morgan fingerprint density at radius 3 is 2.50 bits per heavy atom. The van der Waals surface area contributed by atoms with Crippen molar-refractivity contribution in [3.8, 4) is 5.75 Å². The zero-order valence-electron chi connectivity index (χ0n) is 8.83. The molecule has 0 aliphatic heterocycles. The van der Waals surface area contributed by atoms with Crippen LogP contribution in [0.4, 0.5) is 0 Å². The van der Waals surface area contributed by atoms with Gasteiger partial charge in [0.15, 0.2) is 0 Å². The van der Waals surface area contributed by atoms with Crippen LogP contribution in [0.3, 0.4) is 0 Å². The van der Waals surface area contributed by atoms with Crippen molar-refractivity contribution in [1.29, 1.82) is 0 Å². The van der Waals surface area contributed by atoms with Crippen LogP contribution < -0.4 is 10.3 Å². The van der Waals surface area contributed by atoms with Crippen LogP contribution in [0.15, 0.2) is 4.79 Å². The lowest BCUT2D eigenvalue weighted by Gasteiger charge is -2.11. The number of ether oxygens (including phenoxy) is 2. The Labute approximate surface area is 82.3 Å². The van der Waals surface area contributed by atoms with Gasteiger partial charge in [-0.15, -0.1) is 0 Å². The maximum atomic E-state index is 11.7.